The van der Waals surface area contributed by atoms with Crippen molar-refractivity contribution < 1.29 is 4.79 Å². The number of rotatable bonds is 3. The van der Waals surface area contributed by atoms with E-state index in [-0.39, 0.29) is 6.03 Å². The molecule has 1 aliphatic heterocycles. The van der Waals surface area contributed by atoms with Crippen LogP contribution in [0.4, 0.5) is 16.2 Å². The molecule has 2 aromatic carbocycles. The van der Waals surface area contributed by atoms with Crippen molar-refractivity contribution in [1.29, 1.82) is 5.26 Å². The van der Waals surface area contributed by atoms with Crippen molar-refractivity contribution in [1.82, 2.24) is 4.90 Å². The van der Waals surface area contributed by atoms with E-state index in [2.05, 4.69) is 47.5 Å². The molecule has 3 rings (SSSR count). The van der Waals surface area contributed by atoms with E-state index in [4.69, 9.17) is 5.26 Å². The summed E-state index contributed by atoms with van der Waals surface area (Å²) in [4.78, 5) is 16.5. The summed E-state index contributed by atoms with van der Waals surface area (Å²) >= 11 is 0. The predicted octanol–water partition coefficient (Wildman–Crippen LogP) is 3.47. The number of nitrogens with zero attached hydrogens (tertiary/aromatic N) is 3. The number of nitriles is 1. The number of amides is 2. The Hall–Kier alpha value is -3.00. The Morgan fingerprint density at radius 2 is 1.84 bits per heavy atom. The van der Waals surface area contributed by atoms with E-state index in [1.165, 1.54) is 11.3 Å². The monoisotopic (exact) mass is 334 g/mol. The van der Waals surface area contributed by atoms with Crippen LogP contribution in [0, 0.1) is 11.3 Å². The summed E-state index contributed by atoms with van der Waals surface area (Å²) in [5, 5.41) is 11.8. The number of benzene rings is 2. The van der Waals surface area contributed by atoms with Gasteiger partial charge in [-0.05, 0) is 42.3 Å². The van der Waals surface area contributed by atoms with Gasteiger partial charge >= 0.3 is 6.03 Å². The number of anilines is 2. The number of aryl methyl sites for hydroxylation is 1. The minimum absolute atomic E-state index is 0.115. The van der Waals surface area contributed by atoms with E-state index >= 15 is 0 Å². The highest BCUT2D eigenvalue weighted by molar-refractivity contribution is 5.89. The molecule has 5 nitrogen and oxygen atoms in total. The molecule has 0 aliphatic carbocycles. The van der Waals surface area contributed by atoms with Crippen LogP contribution in [-0.4, -0.2) is 37.1 Å². The average molecular weight is 334 g/mol. The van der Waals surface area contributed by atoms with Crippen LogP contribution in [0.1, 0.15) is 18.1 Å². The van der Waals surface area contributed by atoms with Gasteiger partial charge in [-0.15, -0.1) is 0 Å². The van der Waals surface area contributed by atoms with Crippen molar-refractivity contribution in [2.24, 2.45) is 0 Å². The van der Waals surface area contributed by atoms with E-state index in [1.54, 1.807) is 24.3 Å². The zero-order valence-corrected chi connectivity index (χ0v) is 14.4. The molecule has 1 aliphatic rings. The van der Waals surface area contributed by atoms with Gasteiger partial charge < -0.3 is 15.1 Å². The van der Waals surface area contributed by atoms with Crippen molar-refractivity contribution in [3.63, 3.8) is 0 Å². The Kier molecular flexibility index (Phi) is 5.20. The topological polar surface area (TPSA) is 59.4 Å². The molecule has 0 unspecified atom stereocenters. The van der Waals surface area contributed by atoms with Crippen molar-refractivity contribution in [2.45, 2.75) is 13.3 Å². The zero-order chi connectivity index (χ0) is 17.6. The highest BCUT2D eigenvalue weighted by Crippen LogP contribution is 2.18. The quantitative estimate of drug-likeness (QED) is 0.935. The van der Waals surface area contributed by atoms with Crippen LogP contribution >= 0.6 is 0 Å². The average Bonchev–Trinajstić information content (AvgIpc) is 2.68. The lowest BCUT2D eigenvalue weighted by Crippen LogP contribution is -2.50. The third-order valence-corrected chi connectivity index (χ3v) is 4.52. The molecule has 1 N–H and O–H groups in total. The number of carbonyl (C=O) groups excluding carboxylic acids is 1. The molecule has 0 bridgehead atoms. The summed E-state index contributed by atoms with van der Waals surface area (Å²) in [6.45, 7) is 5.14. The Morgan fingerprint density at radius 1 is 1.12 bits per heavy atom. The maximum Gasteiger partial charge on any atom is 0.321 e. The lowest BCUT2D eigenvalue weighted by Gasteiger charge is -2.36. The molecule has 1 fully saturated rings. The van der Waals surface area contributed by atoms with Gasteiger partial charge in [-0.1, -0.05) is 25.1 Å². The molecule has 0 atom stereocenters. The number of urea groups is 1. The lowest BCUT2D eigenvalue weighted by atomic mass is 10.1. The Bertz CT molecular complexity index is 771. The van der Waals surface area contributed by atoms with Gasteiger partial charge in [0.1, 0.15) is 0 Å². The van der Waals surface area contributed by atoms with Crippen molar-refractivity contribution >= 4 is 17.4 Å². The van der Waals surface area contributed by atoms with Crippen LogP contribution in [0.2, 0.25) is 0 Å². The molecule has 2 amide bonds. The van der Waals surface area contributed by atoms with Gasteiger partial charge in [0.15, 0.2) is 0 Å². The first-order chi connectivity index (χ1) is 12.2. The highest BCUT2D eigenvalue weighted by atomic mass is 16.2. The molecule has 1 heterocycles. The highest BCUT2D eigenvalue weighted by Gasteiger charge is 2.21. The standard InChI is InChI=1S/C20H22N4O/c1-2-16-6-8-19(9-7-16)23-10-12-24(13-11-23)20(25)22-18-5-3-4-17(14-18)15-21/h3-9,14H,2,10-13H2,1H3,(H,22,25). The first kappa shape index (κ1) is 16.8. The fourth-order valence-corrected chi connectivity index (χ4v) is 2.98. The van der Waals surface area contributed by atoms with Gasteiger partial charge in [0.2, 0.25) is 0 Å². The van der Waals surface area contributed by atoms with Gasteiger partial charge in [0, 0.05) is 37.6 Å². The molecule has 0 aromatic heterocycles. The smallest absolute Gasteiger partial charge is 0.321 e. The maximum absolute atomic E-state index is 12.4. The van der Waals surface area contributed by atoms with E-state index in [0.29, 0.717) is 24.3 Å². The SMILES string of the molecule is CCc1ccc(N2CCN(C(=O)Nc3cccc(C#N)c3)CC2)cc1. The molecule has 5 heteroatoms. The Balaban J connectivity index is 1.56. The van der Waals surface area contributed by atoms with Crippen LogP contribution in [0.5, 0.6) is 0 Å². The first-order valence-corrected chi connectivity index (χ1v) is 8.59. The molecule has 128 valence electrons. The molecule has 1 saturated heterocycles. The molecule has 0 radical (unpaired) electrons. The van der Waals surface area contributed by atoms with E-state index in [1.807, 2.05) is 4.90 Å². The summed E-state index contributed by atoms with van der Waals surface area (Å²) in [5.41, 5.74) is 3.74. The van der Waals surface area contributed by atoms with Crippen LogP contribution in [0.3, 0.4) is 0 Å². The number of nitrogens with one attached hydrogen (secondary N) is 1. The van der Waals surface area contributed by atoms with E-state index in [9.17, 15) is 4.79 Å². The predicted molar refractivity (Wildman–Crippen MR) is 99.8 cm³/mol. The van der Waals surface area contributed by atoms with Gasteiger partial charge in [-0.2, -0.15) is 5.26 Å². The second-order valence-electron chi connectivity index (χ2n) is 6.12. The third kappa shape index (κ3) is 4.10. The number of hydrogen-bond acceptors (Lipinski definition) is 3. The Labute approximate surface area is 148 Å². The summed E-state index contributed by atoms with van der Waals surface area (Å²) in [6.07, 6.45) is 1.04. The van der Waals surface area contributed by atoms with Gasteiger partial charge in [-0.25, -0.2) is 4.79 Å². The van der Waals surface area contributed by atoms with Crippen LogP contribution in [0.15, 0.2) is 48.5 Å². The van der Waals surface area contributed by atoms with Gasteiger partial charge in [0.05, 0.1) is 11.6 Å². The largest absolute Gasteiger partial charge is 0.368 e. The van der Waals surface area contributed by atoms with Crippen molar-refractivity contribution in [3.05, 3.63) is 59.7 Å². The first-order valence-electron chi connectivity index (χ1n) is 8.59. The summed E-state index contributed by atoms with van der Waals surface area (Å²) < 4.78 is 0. The molecule has 25 heavy (non-hydrogen) atoms. The molecule has 0 saturated carbocycles. The lowest BCUT2D eigenvalue weighted by molar-refractivity contribution is 0.208. The number of carbonyl (C=O) groups is 1. The van der Waals surface area contributed by atoms with Crippen LogP contribution in [0.25, 0.3) is 0 Å². The third-order valence-electron chi connectivity index (χ3n) is 4.52. The van der Waals surface area contributed by atoms with Crippen LogP contribution < -0.4 is 10.2 Å². The normalized spacial score (nSPS) is 14.1. The second-order valence-corrected chi connectivity index (χ2v) is 6.12. The molecule has 2 aromatic rings. The second kappa shape index (κ2) is 7.71. The maximum atomic E-state index is 12.4. The van der Waals surface area contributed by atoms with Gasteiger partial charge in [-0.3, -0.25) is 0 Å². The van der Waals surface area contributed by atoms with Crippen LogP contribution in [-0.2, 0) is 6.42 Å². The fourth-order valence-electron chi connectivity index (χ4n) is 2.98. The summed E-state index contributed by atoms with van der Waals surface area (Å²) in [6, 6.07) is 17.6. The summed E-state index contributed by atoms with van der Waals surface area (Å²) in [5.74, 6) is 0. The fraction of sp³-hybridized carbons (Fsp3) is 0.300. The Morgan fingerprint density at radius 3 is 2.48 bits per heavy atom. The summed E-state index contributed by atoms with van der Waals surface area (Å²) in [7, 11) is 0. The van der Waals surface area contributed by atoms with Gasteiger partial charge in [0.25, 0.3) is 0 Å². The number of hydrogen-bond donors (Lipinski definition) is 1. The van der Waals surface area contributed by atoms with Crippen molar-refractivity contribution in [2.75, 3.05) is 36.4 Å². The molecular weight excluding hydrogens is 312 g/mol. The van der Waals surface area contributed by atoms with E-state index in [0.717, 1.165) is 19.5 Å². The minimum Gasteiger partial charge on any atom is -0.368 e. The van der Waals surface area contributed by atoms with E-state index < -0.39 is 0 Å². The zero-order valence-electron chi connectivity index (χ0n) is 14.4. The minimum atomic E-state index is -0.115. The molecular formula is C20H22N4O. The van der Waals surface area contributed by atoms with Crippen molar-refractivity contribution in [3.8, 4) is 6.07 Å². The number of piperazine rings is 1. The molecule has 0 spiro atoms.